The van der Waals surface area contributed by atoms with Crippen molar-refractivity contribution < 1.29 is 22.8 Å². The van der Waals surface area contributed by atoms with E-state index in [-0.39, 0.29) is 10.7 Å². The summed E-state index contributed by atoms with van der Waals surface area (Å²) < 4.78 is 25.0. The number of carbonyl (C=O) groups excluding carboxylic acids is 3. The van der Waals surface area contributed by atoms with E-state index in [1.807, 2.05) is 5.32 Å². The monoisotopic (exact) mass is 309 g/mol. The summed E-state index contributed by atoms with van der Waals surface area (Å²) in [4.78, 5) is 35.2. The molecule has 0 bridgehead atoms. The second-order valence-electron chi connectivity index (χ2n) is 4.75. The molecular formula is C12H11N3O5S. The topological polar surface area (TPSA) is 104 Å². The maximum absolute atomic E-state index is 12.3. The number of hydrogen-bond acceptors (Lipinski definition) is 6. The number of nitrogens with zero attached hydrogens (tertiary/aromatic N) is 2. The largest absolute Gasteiger partial charge is 0.357 e. The predicted octanol–water partition coefficient (Wildman–Crippen LogP) is -0.684. The standard InChI is InChI=1S/C12H11N3O5S/c16-9-5-14(6-9)8-1-3-10(4-2-8)21(19,20)15-7-11(17)13-12(15)18/h1-4H,5-7H2,(H,13,17,18). The Labute approximate surface area is 120 Å². The maximum Gasteiger partial charge on any atom is 0.338 e. The number of amides is 3. The van der Waals surface area contributed by atoms with Crippen LogP contribution in [0.15, 0.2) is 29.2 Å². The van der Waals surface area contributed by atoms with Crippen molar-refractivity contribution in [2.75, 3.05) is 24.5 Å². The highest BCUT2D eigenvalue weighted by Gasteiger charge is 2.37. The zero-order valence-corrected chi connectivity index (χ0v) is 11.6. The van der Waals surface area contributed by atoms with Crippen LogP contribution >= 0.6 is 0 Å². The van der Waals surface area contributed by atoms with Gasteiger partial charge in [-0.05, 0) is 24.3 Å². The average molecular weight is 309 g/mol. The van der Waals surface area contributed by atoms with Gasteiger partial charge in [0.15, 0.2) is 5.78 Å². The lowest BCUT2D eigenvalue weighted by Gasteiger charge is -2.31. The Bertz CT molecular complexity index is 733. The quantitative estimate of drug-likeness (QED) is 0.742. The van der Waals surface area contributed by atoms with E-state index >= 15 is 0 Å². The van der Waals surface area contributed by atoms with Crippen LogP contribution in [-0.4, -0.2) is 50.1 Å². The van der Waals surface area contributed by atoms with E-state index in [0.29, 0.717) is 17.4 Å². The zero-order valence-electron chi connectivity index (χ0n) is 10.8. The molecular weight excluding hydrogens is 298 g/mol. The molecule has 0 aliphatic carbocycles. The SMILES string of the molecule is O=C1CN(c2ccc(S(=O)(=O)N3CC(=O)NC3=O)cc2)C1. The lowest BCUT2D eigenvalue weighted by Crippen LogP contribution is -2.47. The molecule has 0 saturated carbocycles. The second-order valence-corrected chi connectivity index (χ2v) is 6.62. The highest BCUT2D eigenvalue weighted by atomic mass is 32.2. The smallest absolute Gasteiger partial charge is 0.338 e. The van der Waals surface area contributed by atoms with E-state index in [4.69, 9.17) is 0 Å². The number of anilines is 1. The number of urea groups is 1. The molecule has 8 nitrogen and oxygen atoms in total. The summed E-state index contributed by atoms with van der Waals surface area (Å²) in [6.45, 7) is 0.119. The van der Waals surface area contributed by atoms with Crippen LogP contribution in [0, 0.1) is 0 Å². The molecule has 0 spiro atoms. The lowest BCUT2D eigenvalue weighted by atomic mass is 10.1. The predicted molar refractivity (Wildman–Crippen MR) is 71.1 cm³/mol. The number of ketones is 1. The Morgan fingerprint density at radius 2 is 1.57 bits per heavy atom. The molecule has 3 amide bonds. The Kier molecular flexibility index (Phi) is 2.94. The van der Waals surface area contributed by atoms with Gasteiger partial charge in [0.1, 0.15) is 6.54 Å². The molecule has 0 radical (unpaired) electrons. The van der Waals surface area contributed by atoms with Crippen LogP contribution in [0.3, 0.4) is 0 Å². The van der Waals surface area contributed by atoms with Crippen molar-refractivity contribution in [3.63, 3.8) is 0 Å². The van der Waals surface area contributed by atoms with E-state index in [0.717, 1.165) is 5.69 Å². The van der Waals surface area contributed by atoms with Crippen molar-refractivity contribution in [2.24, 2.45) is 0 Å². The van der Waals surface area contributed by atoms with E-state index in [9.17, 15) is 22.8 Å². The normalized spacial score (nSPS) is 18.8. The summed E-state index contributed by atoms with van der Waals surface area (Å²) >= 11 is 0. The zero-order chi connectivity index (χ0) is 15.2. The summed E-state index contributed by atoms with van der Waals surface area (Å²) in [7, 11) is -4.05. The van der Waals surface area contributed by atoms with Gasteiger partial charge < -0.3 is 4.90 Å². The number of Topliss-reactive ketones (excluding diaryl/α,β-unsaturated/α-hetero) is 1. The van der Waals surface area contributed by atoms with E-state index in [1.165, 1.54) is 12.1 Å². The van der Waals surface area contributed by atoms with Gasteiger partial charge in [-0.15, -0.1) is 0 Å². The average Bonchev–Trinajstić information content (AvgIpc) is 2.75. The van der Waals surface area contributed by atoms with Gasteiger partial charge in [0.05, 0.1) is 18.0 Å². The molecule has 1 aromatic rings. The fourth-order valence-corrected chi connectivity index (χ4v) is 3.42. The van der Waals surface area contributed by atoms with Gasteiger partial charge in [0, 0.05) is 5.69 Å². The van der Waals surface area contributed by atoms with Gasteiger partial charge in [-0.2, -0.15) is 0 Å². The third-order valence-corrected chi connectivity index (χ3v) is 5.03. The maximum atomic E-state index is 12.3. The lowest BCUT2D eigenvalue weighted by molar-refractivity contribution is -0.120. The summed E-state index contributed by atoms with van der Waals surface area (Å²) in [5.41, 5.74) is 0.732. The van der Waals surface area contributed by atoms with Crippen molar-refractivity contribution in [1.82, 2.24) is 9.62 Å². The molecule has 0 unspecified atom stereocenters. The molecule has 3 rings (SSSR count). The first-order valence-corrected chi connectivity index (χ1v) is 7.55. The van der Waals surface area contributed by atoms with Crippen LogP contribution in [0.2, 0.25) is 0 Å². The highest BCUT2D eigenvalue weighted by molar-refractivity contribution is 7.89. The third-order valence-electron chi connectivity index (χ3n) is 3.28. The van der Waals surface area contributed by atoms with Crippen LogP contribution in [0.4, 0.5) is 10.5 Å². The summed E-state index contributed by atoms with van der Waals surface area (Å²) in [6.07, 6.45) is 0. The van der Waals surface area contributed by atoms with Crippen molar-refractivity contribution in [2.45, 2.75) is 4.90 Å². The van der Waals surface area contributed by atoms with Crippen LogP contribution in [-0.2, 0) is 19.6 Å². The molecule has 2 saturated heterocycles. The van der Waals surface area contributed by atoms with Crippen molar-refractivity contribution in [3.8, 4) is 0 Å². The van der Waals surface area contributed by atoms with Crippen LogP contribution < -0.4 is 10.2 Å². The number of benzene rings is 1. The number of sulfonamides is 1. The second kappa shape index (κ2) is 4.55. The number of nitrogens with one attached hydrogen (secondary N) is 1. The van der Waals surface area contributed by atoms with Crippen LogP contribution in [0.25, 0.3) is 0 Å². The van der Waals surface area contributed by atoms with E-state index in [1.54, 1.807) is 17.0 Å². The Morgan fingerprint density at radius 1 is 0.952 bits per heavy atom. The Hall–Kier alpha value is -2.42. The van der Waals surface area contributed by atoms with Gasteiger partial charge >= 0.3 is 6.03 Å². The van der Waals surface area contributed by atoms with Crippen LogP contribution in [0.5, 0.6) is 0 Å². The first kappa shape index (κ1) is 13.6. The molecule has 9 heteroatoms. The third kappa shape index (κ3) is 2.25. The number of hydrogen-bond donors (Lipinski definition) is 1. The first-order chi connectivity index (χ1) is 9.88. The minimum Gasteiger partial charge on any atom is -0.357 e. The number of carbonyl (C=O) groups is 3. The van der Waals surface area contributed by atoms with E-state index < -0.39 is 28.5 Å². The van der Waals surface area contributed by atoms with Crippen molar-refractivity contribution >= 4 is 33.4 Å². The molecule has 2 aliphatic rings. The van der Waals surface area contributed by atoms with Crippen molar-refractivity contribution in [3.05, 3.63) is 24.3 Å². The fourth-order valence-electron chi connectivity index (χ4n) is 2.14. The molecule has 1 aromatic carbocycles. The molecule has 21 heavy (non-hydrogen) atoms. The summed E-state index contributed by atoms with van der Waals surface area (Å²) in [6, 6.07) is 4.88. The molecule has 2 fully saturated rings. The molecule has 1 N–H and O–H groups in total. The highest BCUT2D eigenvalue weighted by Crippen LogP contribution is 2.23. The van der Waals surface area contributed by atoms with Crippen LogP contribution in [0.1, 0.15) is 0 Å². The molecule has 0 atom stereocenters. The van der Waals surface area contributed by atoms with Gasteiger partial charge in [-0.1, -0.05) is 0 Å². The number of imide groups is 1. The molecule has 2 aliphatic heterocycles. The van der Waals surface area contributed by atoms with Gasteiger partial charge in [-0.25, -0.2) is 17.5 Å². The Morgan fingerprint density at radius 3 is 2.05 bits per heavy atom. The Balaban J connectivity index is 1.84. The molecule has 2 heterocycles. The van der Waals surface area contributed by atoms with E-state index in [2.05, 4.69) is 0 Å². The van der Waals surface area contributed by atoms with Crippen molar-refractivity contribution in [1.29, 1.82) is 0 Å². The van der Waals surface area contributed by atoms with Gasteiger partial charge in [0.25, 0.3) is 10.0 Å². The first-order valence-electron chi connectivity index (χ1n) is 6.11. The fraction of sp³-hybridized carbons (Fsp3) is 0.250. The number of rotatable bonds is 3. The summed E-state index contributed by atoms with van der Waals surface area (Å²) in [5.74, 6) is -0.529. The van der Waals surface area contributed by atoms with Gasteiger partial charge in [0.2, 0.25) is 5.91 Å². The minimum atomic E-state index is -4.05. The molecule has 0 aromatic heterocycles. The summed E-state index contributed by atoms with van der Waals surface area (Å²) in [5, 5.41) is 1.92. The van der Waals surface area contributed by atoms with Gasteiger partial charge in [-0.3, -0.25) is 14.9 Å². The minimum absolute atomic E-state index is 0.0806. The molecule has 110 valence electrons.